The number of carbonyl (C=O) groups is 2. The van der Waals surface area contributed by atoms with Crippen LogP contribution in [0.5, 0.6) is 5.75 Å². The van der Waals surface area contributed by atoms with Gasteiger partial charge in [-0.1, -0.05) is 12.1 Å². The number of carboxylic acids is 1. The number of ether oxygens (including phenoxy) is 1. The number of carbonyl (C=O) groups excluding carboxylic acids is 1. The van der Waals surface area contributed by atoms with Crippen molar-refractivity contribution in [1.82, 2.24) is 9.47 Å². The minimum Gasteiger partial charge on any atom is -0.497 e. The highest BCUT2D eigenvalue weighted by Crippen LogP contribution is 2.38. The first kappa shape index (κ1) is 22.9. The Bertz CT molecular complexity index is 1370. The number of benzene rings is 2. The lowest BCUT2D eigenvalue weighted by molar-refractivity contribution is -0.130. The zero-order valence-corrected chi connectivity index (χ0v) is 19.4. The van der Waals surface area contributed by atoms with Gasteiger partial charge in [0, 0.05) is 43.8 Å². The van der Waals surface area contributed by atoms with Gasteiger partial charge in [-0.25, -0.2) is 9.18 Å². The van der Waals surface area contributed by atoms with E-state index in [-0.39, 0.29) is 29.3 Å². The van der Waals surface area contributed by atoms with Gasteiger partial charge in [-0.2, -0.15) is 0 Å². The lowest BCUT2D eigenvalue weighted by atomic mass is 10.1. The molecule has 2 fully saturated rings. The average molecular weight is 480 g/mol. The molecule has 9 heteroatoms. The van der Waals surface area contributed by atoms with Gasteiger partial charge in [-0.3, -0.25) is 9.59 Å². The first-order valence-electron chi connectivity index (χ1n) is 11.6. The van der Waals surface area contributed by atoms with Crippen LogP contribution >= 0.6 is 0 Å². The highest BCUT2D eigenvalue weighted by molar-refractivity contribution is 5.93. The predicted octanol–water partition coefficient (Wildman–Crippen LogP) is 3.07. The Morgan fingerprint density at radius 1 is 1.11 bits per heavy atom. The smallest absolute Gasteiger partial charge is 0.341 e. The van der Waals surface area contributed by atoms with E-state index in [4.69, 9.17) is 4.74 Å². The molecule has 8 nitrogen and oxygen atoms in total. The van der Waals surface area contributed by atoms with Crippen LogP contribution in [0.2, 0.25) is 0 Å². The highest BCUT2D eigenvalue weighted by atomic mass is 19.1. The maximum Gasteiger partial charge on any atom is 0.341 e. The molecule has 1 amide bonds. The van der Waals surface area contributed by atoms with Crippen molar-refractivity contribution in [1.29, 1.82) is 0 Å². The van der Waals surface area contributed by atoms with Gasteiger partial charge in [0.1, 0.15) is 17.1 Å². The third-order valence-electron chi connectivity index (χ3n) is 6.73. The number of carboxylic acid groups (broad SMARTS) is 1. The van der Waals surface area contributed by atoms with E-state index < -0.39 is 17.2 Å². The molecule has 0 atom stereocenters. The summed E-state index contributed by atoms with van der Waals surface area (Å²) in [5, 5.41) is 9.49. The number of amides is 1. The van der Waals surface area contributed by atoms with Crippen LogP contribution < -0.4 is 15.1 Å². The number of hydrogen-bond acceptors (Lipinski definition) is 5. The molecule has 1 saturated heterocycles. The number of nitrogens with zero attached hydrogens (tertiary/aromatic N) is 3. The van der Waals surface area contributed by atoms with Gasteiger partial charge in [0.25, 0.3) is 0 Å². The summed E-state index contributed by atoms with van der Waals surface area (Å²) in [6.07, 6.45) is 3.41. The summed E-state index contributed by atoms with van der Waals surface area (Å²) < 4.78 is 22.2. The summed E-state index contributed by atoms with van der Waals surface area (Å²) in [5.74, 6) is -1.19. The van der Waals surface area contributed by atoms with Crippen molar-refractivity contribution in [2.75, 3.05) is 38.2 Å². The van der Waals surface area contributed by atoms with Crippen LogP contribution in [0.25, 0.3) is 10.9 Å². The minimum absolute atomic E-state index is 0.000610. The molecular formula is C26H26FN3O5. The monoisotopic (exact) mass is 479 g/mol. The summed E-state index contributed by atoms with van der Waals surface area (Å²) in [6.45, 7) is 1.81. The van der Waals surface area contributed by atoms with Crippen molar-refractivity contribution in [2.45, 2.75) is 25.3 Å². The molecule has 1 aromatic heterocycles. The fourth-order valence-electron chi connectivity index (χ4n) is 4.67. The number of anilines is 1. The fraction of sp³-hybridized carbons (Fsp3) is 0.346. The van der Waals surface area contributed by atoms with E-state index in [0.717, 1.165) is 24.5 Å². The molecule has 1 aliphatic carbocycles. The van der Waals surface area contributed by atoms with Crippen molar-refractivity contribution < 1.29 is 23.8 Å². The molecule has 1 N–H and O–H groups in total. The van der Waals surface area contributed by atoms with Crippen LogP contribution in [-0.4, -0.2) is 59.7 Å². The average Bonchev–Trinajstić information content (AvgIpc) is 3.70. The first-order valence-corrected chi connectivity index (χ1v) is 11.6. The number of pyridine rings is 1. The quantitative estimate of drug-likeness (QED) is 0.584. The second kappa shape index (κ2) is 9.05. The van der Waals surface area contributed by atoms with Crippen LogP contribution in [-0.2, 0) is 11.2 Å². The fourth-order valence-corrected chi connectivity index (χ4v) is 4.67. The van der Waals surface area contributed by atoms with E-state index in [2.05, 4.69) is 0 Å². The van der Waals surface area contributed by atoms with Crippen LogP contribution in [0.15, 0.2) is 47.4 Å². The van der Waals surface area contributed by atoms with Crippen molar-refractivity contribution in [3.05, 3.63) is 69.8 Å². The Labute approximate surface area is 201 Å². The molecule has 2 aliphatic rings. The number of fused-ring (bicyclic) bond motifs is 1. The SMILES string of the molecule is COc1cccc(CC(=O)N2CCN(c3cc4c(cc3F)c(=O)c(C(=O)O)cn4C3CC3)CC2)c1. The molecule has 0 bridgehead atoms. The van der Waals surface area contributed by atoms with Crippen molar-refractivity contribution in [3.63, 3.8) is 0 Å². The van der Waals surface area contributed by atoms with E-state index in [1.165, 1.54) is 6.20 Å². The zero-order valence-electron chi connectivity index (χ0n) is 19.4. The second-order valence-electron chi connectivity index (χ2n) is 9.03. The van der Waals surface area contributed by atoms with Gasteiger partial charge in [0.2, 0.25) is 11.3 Å². The normalized spacial score (nSPS) is 15.9. The number of piperazine rings is 1. The maximum absolute atomic E-state index is 15.2. The van der Waals surface area contributed by atoms with Crippen LogP contribution in [0.3, 0.4) is 0 Å². The summed E-state index contributed by atoms with van der Waals surface area (Å²) in [5.41, 5.74) is 0.739. The number of hydrogen-bond donors (Lipinski definition) is 1. The number of aromatic nitrogens is 1. The predicted molar refractivity (Wildman–Crippen MR) is 129 cm³/mol. The Balaban J connectivity index is 1.36. The number of aromatic carboxylic acids is 1. The number of methoxy groups -OCH3 is 1. The van der Waals surface area contributed by atoms with Crippen LogP contribution in [0.4, 0.5) is 10.1 Å². The van der Waals surface area contributed by atoms with E-state index in [1.807, 2.05) is 29.2 Å². The number of rotatable bonds is 6. The Kier molecular flexibility index (Phi) is 5.92. The molecule has 2 heterocycles. The Hall–Kier alpha value is -3.88. The summed E-state index contributed by atoms with van der Waals surface area (Å²) >= 11 is 0. The molecule has 182 valence electrons. The summed E-state index contributed by atoms with van der Waals surface area (Å²) in [4.78, 5) is 40.7. The summed E-state index contributed by atoms with van der Waals surface area (Å²) in [7, 11) is 1.58. The minimum atomic E-state index is -1.31. The molecule has 3 aromatic rings. The third kappa shape index (κ3) is 4.45. The lowest BCUT2D eigenvalue weighted by Gasteiger charge is -2.36. The van der Waals surface area contributed by atoms with Gasteiger partial charge < -0.3 is 24.2 Å². The van der Waals surface area contributed by atoms with Crippen molar-refractivity contribution in [2.24, 2.45) is 0 Å². The maximum atomic E-state index is 15.2. The van der Waals surface area contributed by atoms with E-state index >= 15 is 4.39 Å². The van der Waals surface area contributed by atoms with E-state index in [9.17, 15) is 19.5 Å². The highest BCUT2D eigenvalue weighted by Gasteiger charge is 2.29. The van der Waals surface area contributed by atoms with Gasteiger partial charge in [0.05, 0.1) is 24.7 Å². The Morgan fingerprint density at radius 3 is 2.51 bits per heavy atom. The lowest BCUT2D eigenvalue weighted by Crippen LogP contribution is -2.49. The molecule has 0 unspecified atom stereocenters. The van der Waals surface area contributed by atoms with E-state index in [1.54, 1.807) is 22.6 Å². The standard InChI is InChI=1S/C26H26FN3O5/c1-35-18-4-2-3-16(11-18)12-24(31)29-9-7-28(8-10-29)23-14-22-19(13-21(23)27)25(32)20(26(33)34)15-30(22)17-5-6-17/h2-4,11,13-15,17H,5-10,12H2,1H3,(H,33,34). The van der Waals surface area contributed by atoms with E-state index in [0.29, 0.717) is 43.1 Å². The molecule has 0 radical (unpaired) electrons. The molecule has 5 rings (SSSR count). The van der Waals surface area contributed by atoms with Crippen molar-refractivity contribution in [3.8, 4) is 5.75 Å². The van der Waals surface area contributed by atoms with Gasteiger partial charge >= 0.3 is 5.97 Å². The van der Waals surface area contributed by atoms with Gasteiger partial charge in [-0.15, -0.1) is 0 Å². The molecular weight excluding hydrogens is 453 g/mol. The molecule has 0 spiro atoms. The Morgan fingerprint density at radius 2 is 1.86 bits per heavy atom. The third-order valence-corrected chi connectivity index (χ3v) is 6.73. The largest absolute Gasteiger partial charge is 0.497 e. The zero-order chi connectivity index (χ0) is 24.7. The van der Waals surface area contributed by atoms with Crippen molar-refractivity contribution >= 4 is 28.5 Å². The molecule has 2 aromatic carbocycles. The topological polar surface area (TPSA) is 92.1 Å². The van der Waals surface area contributed by atoms with Crippen LogP contribution in [0.1, 0.15) is 34.8 Å². The molecule has 1 aliphatic heterocycles. The van der Waals surface area contributed by atoms with Gasteiger partial charge in [0.15, 0.2) is 0 Å². The number of halogens is 1. The van der Waals surface area contributed by atoms with Gasteiger partial charge in [-0.05, 0) is 42.7 Å². The summed E-state index contributed by atoms with van der Waals surface area (Å²) in [6, 6.07) is 10.3. The second-order valence-corrected chi connectivity index (χ2v) is 9.03. The molecule has 1 saturated carbocycles. The first-order chi connectivity index (χ1) is 16.9. The molecule has 35 heavy (non-hydrogen) atoms. The van der Waals surface area contributed by atoms with Crippen LogP contribution in [0, 0.1) is 5.82 Å².